The molecule has 16 heavy (non-hydrogen) atoms. The van der Waals surface area contributed by atoms with Crippen LogP contribution in [0.1, 0.15) is 57.6 Å². The van der Waals surface area contributed by atoms with E-state index in [4.69, 9.17) is 4.74 Å². The topological polar surface area (TPSA) is 9.23 Å². The Morgan fingerprint density at radius 2 is 1.50 bits per heavy atom. The first-order valence-corrected chi connectivity index (χ1v) is 5.89. The quantitative estimate of drug-likeness (QED) is 0.657. The molecule has 0 atom stereocenters. The van der Waals surface area contributed by atoms with Gasteiger partial charge in [0, 0.05) is 0 Å². The molecule has 0 radical (unpaired) electrons. The summed E-state index contributed by atoms with van der Waals surface area (Å²) in [4.78, 5) is 0. The second kappa shape index (κ2) is 5.20. The lowest BCUT2D eigenvalue weighted by atomic mass is 9.94. The van der Waals surface area contributed by atoms with Gasteiger partial charge in [0.1, 0.15) is 5.75 Å². The maximum absolute atomic E-state index is 5.80. The molecule has 1 aromatic rings. The third-order valence-electron chi connectivity index (χ3n) is 2.60. The zero-order valence-electron chi connectivity index (χ0n) is 11.0. The van der Waals surface area contributed by atoms with Gasteiger partial charge in [0.05, 0.1) is 5.76 Å². The van der Waals surface area contributed by atoms with Crippen LogP contribution in [0.15, 0.2) is 30.5 Å². The maximum Gasteiger partial charge on any atom is 0.133 e. The number of ether oxygens (including phenoxy) is 1. The van der Waals surface area contributed by atoms with Crippen molar-refractivity contribution in [3.8, 4) is 5.75 Å². The number of para-hydroxylation sites is 1. The smallest absolute Gasteiger partial charge is 0.133 e. The van der Waals surface area contributed by atoms with Gasteiger partial charge in [-0.3, -0.25) is 0 Å². The lowest BCUT2D eigenvalue weighted by Gasteiger charge is -2.19. The Labute approximate surface area is 99.1 Å². The fourth-order valence-corrected chi connectivity index (χ4v) is 1.77. The highest BCUT2D eigenvalue weighted by molar-refractivity contribution is 5.45. The van der Waals surface area contributed by atoms with Gasteiger partial charge in [-0.05, 0) is 29.9 Å². The van der Waals surface area contributed by atoms with Crippen LogP contribution in [0, 0.1) is 0 Å². The van der Waals surface area contributed by atoms with E-state index < -0.39 is 0 Å². The largest absolute Gasteiger partial charge is 0.462 e. The van der Waals surface area contributed by atoms with Crippen molar-refractivity contribution >= 4 is 0 Å². The number of rotatable bonds is 4. The lowest BCUT2D eigenvalue weighted by Crippen LogP contribution is -2.02. The highest BCUT2D eigenvalue weighted by Crippen LogP contribution is 2.35. The highest BCUT2D eigenvalue weighted by Gasteiger charge is 2.14. The van der Waals surface area contributed by atoms with Crippen LogP contribution in [-0.4, -0.2) is 0 Å². The summed E-state index contributed by atoms with van der Waals surface area (Å²) >= 11 is 0. The molecular weight excluding hydrogens is 196 g/mol. The summed E-state index contributed by atoms with van der Waals surface area (Å²) in [6.45, 7) is 14.5. The van der Waals surface area contributed by atoms with Crippen molar-refractivity contribution in [2.24, 2.45) is 0 Å². The van der Waals surface area contributed by atoms with Crippen molar-refractivity contribution in [3.05, 3.63) is 41.7 Å². The highest BCUT2D eigenvalue weighted by atomic mass is 16.5. The number of hydrogen-bond acceptors (Lipinski definition) is 1. The minimum atomic E-state index is 0.466. The van der Waals surface area contributed by atoms with Crippen LogP contribution in [0.2, 0.25) is 0 Å². The zero-order valence-corrected chi connectivity index (χ0v) is 11.0. The molecule has 0 bridgehead atoms. The second-order valence-corrected chi connectivity index (χ2v) is 4.88. The molecule has 0 aromatic heterocycles. The Balaban J connectivity index is 3.28. The first kappa shape index (κ1) is 12.8. The van der Waals surface area contributed by atoms with Crippen molar-refractivity contribution in [3.63, 3.8) is 0 Å². The van der Waals surface area contributed by atoms with Crippen LogP contribution in [0.4, 0.5) is 0 Å². The molecule has 0 fully saturated rings. The SMILES string of the molecule is C=C(C)Oc1c(C(C)C)cccc1C(C)C. The van der Waals surface area contributed by atoms with Gasteiger partial charge in [0.15, 0.2) is 0 Å². The van der Waals surface area contributed by atoms with Crippen molar-refractivity contribution in [1.29, 1.82) is 0 Å². The second-order valence-electron chi connectivity index (χ2n) is 4.88. The Morgan fingerprint density at radius 3 is 1.81 bits per heavy atom. The van der Waals surface area contributed by atoms with Crippen LogP contribution in [0.3, 0.4) is 0 Å². The van der Waals surface area contributed by atoms with E-state index in [1.807, 2.05) is 6.92 Å². The summed E-state index contributed by atoms with van der Waals surface area (Å²) in [5.74, 6) is 2.68. The van der Waals surface area contributed by atoms with Gasteiger partial charge in [-0.15, -0.1) is 0 Å². The normalized spacial score (nSPS) is 10.9. The van der Waals surface area contributed by atoms with Gasteiger partial charge in [-0.25, -0.2) is 0 Å². The van der Waals surface area contributed by atoms with Crippen LogP contribution < -0.4 is 4.74 Å². The van der Waals surface area contributed by atoms with E-state index in [-0.39, 0.29) is 0 Å². The Hall–Kier alpha value is -1.24. The third kappa shape index (κ3) is 2.88. The molecule has 0 saturated heterocycles. The molecule has 0 saturated carbocycles. The van der Waals surface area contributed by atoms with Crippen molar-refractivity contribution in [2.45, 2.75) is 46.5 Å². The zero-order chi connectivity index (χ0) is 12.3. The van der Waals surface area contributed by atoms with Crippen LogP contribution >= 0.6 is 0 Å². The Morgan fingerprint density at radius 1 is 1.06 bits per heavy atom. The molecule has 0 spiro atoms. The van der Waals surface area contributed by atoms with E-state index in [1.54, 1.807) is 0 Å². The molecule has 0 heterocycles. The molecule has 1 aromatic carbocycles. The number of benzene rings is 1. The molecule has 0 unspecified atom stereocenters. The number of allylic oxidation sites excluding steroid dienone is 1. The lowest BCUT2D eigenvalue weighted by molar-refractivity contribution is 0.415. The minimum absolute atomic E-state index is 0.466. The van der Waals surface area contributed by atoms with Crippen molar-refractivity contribution in [2.75, 3.05) is 0 Å². The van der Waals surface area contributed by atoms with E-state index in [1.165, 1.54) is 11.1 Å². The Kier molecular flexibility index (Phi) is 4.17. The summed E-state index contributed by atoms with van der Waals surface area (Å²) in [7, 11) is 0. The molecule has 1 heteroatoms. The van der Waals surface area contributed by atoms with E-state index in [9.17, 15) is 0 Å². The molecule has 1 rings (SSSR count). The maximum atomic E-state index is 5.80. The first-order valence-electron chi connectivity index (χ1n) is 5.89. The predicted molar refractivity (Wildman–Crippen MR) is 70.1 cm³/mol. The molecule has 0 N–H and O–H groups in total. The van der Waals surface area contributed by atoms with Gasteiger partial charge in [0.25, 0.3) is 0 Å². The first-order chi connectivity index (χ1) is 7.43. The van der Waals surface area contributed by atoms with Gasteiger partial charge in [-0.1, -0.05) is 52.5 Å². The molecule has 0 aliphatic carbocycles. The van der Waals surface area contributed by atoms with Crippen LogP contribution in [0.25, 0.3) is 0 Å². The molecule has 1 nitrogen and oxygen atoms in total. The van der Waals surface area contributed by atoms with Crippen LogP contribution in [0.5, 0.6) is 5.75 Å². The van der Waals surface area contributed by atoms with E-state index >= 15 is 0 Å². The molecule has 0 aliphatic heterocycles. The minimum Gasteiger partial charge on any atom is -0.462 e. The summed E-state index contributed by atoms with van der Waals surface area (Å²) in [5.41, 5.74) is 2.52. The van der Waals surface area contributed by atoms with Crippen LogP contribution in [-0.2, 0) is 0 Å². The fraction of sp³-hybridized carbons (Fsp3) is 0.467. The average molecular weight is 218 g/mol. The van der Waals surface area contributed by atoms with Gasteiger partial charge < -0.3 is 4.74 Å². The number of hydrogen-bond donors (Lipinski definition) is 0. The molecule has 88 valence electrons. The molecule has 0 aliphatic rings. The van der Waals surface area contributed by atoms with Gasteiger partial charge >= 0.3 is 0 Å². The van der Waals surface area contributed by atoms with E-state index in [0.717, 1.165) is 11.5 Å². The summed E-state index contributed by atoms with van der Waals surface area (Å²) < 4.78 is 5.80. The van der Waals surface area contributed by atoms with Crippen molar-refractivity contribution in [1.82, 2.24) is 0 Å². The van der Waals surface area contributed by atoms with E-state index in [2.05, 4.69) is 52.5 Å². The van der Waals surface area contributed by atoms with E-state index in [0.29, 0.717) is 11.8 Å². The third-order valence-corrected chi connectivity index (χ3v) is 2.60. The summed E-state index contributed by atoms with van der Waals surface area (Å²) in [6.07, 6.45) is 0. The summed E-state index contributed by atoms with van der Waals surface area (Å²) in [6, 6.07) is 6.37. The van der Waals surface area contributed by atoms with Crippen molar-refractivity contribution < 1.29 is 4.74 Å². The average Bonchev–Trinajstić information content (AvgIpc) is 2.16. The standard InChI is InChI=1S/C15H22O/c1-10(2)13-8-7-9-14(11(3)4)15(13)16-12(5)6/h7-11H,5H2,1-4,6H3. The molecular formula is C15H22O. The van der Waals surface area contributed by atoms with Gasteiger partial charge in [0.2, 0.25) is 0 Å². The van der Waals surface area contributed by atoms with Gasteiger partial charge in [-0.2, -0.15) is 0 Å². The predicted octanol–water partition coefficient (Wildman–Crippen LogP) is 4.85. The fourth-order valence-electron chi connectivity index (χ4n) is 1.77. The molecule has 0 amide bonds. The monoisotopic (exact) mass is 218 g/mol. The summed E-state index contributed by atoms with van der Waals surface area (Å²) in [5, 5.41) is 0. The Bertz CT molecular complexity index is 349.